The number of anilines is 1. The van der Waals surface area contributed by atoms with Crippen molar-refractivity contribution in [2.24, 2.45) is 0 Å². The van der Waals surface area contributed by atoms with E-state index in [0.717, 1.165) is 33.1 Å². The average molecular weight is 303 g/mol. The zero-order chi connectivity index (χ0) is 16.0. The fraction of sp³-hybridized carbons (Fsp3) is 0.105. The third kappa shape index (κ3) is 2.19. The molecule has 0 atom stereocenters. The summed E-state index contributed by atoms with van der Waals surface area (Å²) in [6.45, 7) is 1.94. The quantitative estimate of drug-likeness (QED) is 0.552. The summed E-state index contributed by atoms with van der Waals surface area (Å²) in [5, 5.41) is 2.08. The maximum atomic E-state index is 12.8. The highest BCUT2D eigenvalue weighted by atomic mass is 16.2. The van der Waals surface area contributed by atoms with E-state index in [-0.39, 0.29) is 5.91 Å². The van der Waals surface area contributed by atoms with E-state index in [0.29, 0.717) is 12.1 Å². The molecule has 2 aromatic heterocycles. The highest BCUT2D eigenvalue weighted by Gasteiger charge is 2.14. The fourth-order valence-corrected chi connectivity index (χ4v) is 3.18. The molecule has 4 rings (SSSR count). The highest BCUT2D eigenvalue weighted by Crippen LogP contribution is 2.25. The molecule has 0 saturated heterocycles. The summed E-state index contributed by atoms with van der Waals surface area (Å²) in [6.07, 6.45) is 2.26. The average Bonchev–Trinajstić information content (AvgIpc) is 3.11. The molecule has 4 heteroatoms. The second-order valence-electron chi connectivity index (χ2n) is 5.87. The molecule has 0 aliphatic rings. The number of carbonyl (C=O) groups excluding carboxylic acids is 1. The van der Waals surface area contributed by atoms with Crippen molar-refractivity contribution in [1.29, 1.82) is 0 Å². The van der Waals surface area contributed by atoms with Crippen LogP contribution in [0.1, 0.15) is 16.1 Å². The third-order valence-corrected chi connectivity index (χ3v) is 4.29. The number of nitrogen functional groups attached to an aromatic ring is 1. The molecule has 0 unspecified atom stereocenters. The van der Waals surface area contributed by atoms with Crippen LogP contribution in [0.4, 0.5) is 5.69 Å². The number of carbonyl (C=O) groups is 1. The summed E-state index contributed by atoms with van der Waals surface area (Å²) >= 11 is 0. The zero-order valence-corrected chi connectivity index (χ0v) is 12.8. The number of nitrogens with zero attached hydrogens (tertiary/aromatic N) is 1. The van der Waals surface area contributed by atoms with Crippen molar-refractivity contribution in [3.63, 3.8) is 0 Å². The van der Waals surface area contributed by atoms with Crippen molar-refractivity contribution in [2.75, 3.05) is 5.73 Å². The van der Waals surface area contributed by atoms with Crippen LogP contribution >= 0.6 is 0 Å². The van der Waals surface area contributed by atoms with E-state index in [4.69, 9.17) is 5.73 Å². The van der Waals surface area contributed by atoms with Crippen molar-refractivity contribution in [3.05, 3.63) is 66.0 Å². The lowest BCUT2D eigenvalue weighted by Gasteiger charge is -2.08. The normalized spacial score (nSPS) is 11.3. The number of benzene rings is 2. The molecular formula is C19H17N3O. The molecule has 3 N–H and O–H groups in total. The van der Waals surface area contributed by atoms with E-state index in [1.165, 1.54) is 0 Å². The van der Waals surface area contributed by atoms with Gasteiger partial charge in [-0.05, 0) is 48.2 Å². The summed E-state index contributed by atoms with van der Waals surface area (Å²) < 4.78 is 1.75. The Morgan fingerprint density at radius 1 is 1.17 bits per heavy atom. The van der Waals surface area contributed by atoms with E-state index < -0.39 is 0 Å². The monoisotopic (exact) mass is 303 g/mol. The predicted octanol–water partition coefficient (Wildman–Crippen LogP) is 3.90. The zero-order valence-electron chi connectivity index (χ0n) is 12.8. The number of aryl methyl sites for hydroxylation is 1. The molecule has 4 aromatic rings. The molecule has 0 aliphatic heterocycles. The number of hydrogen-bond acceptors (Lipinski definition) is 2. The second-order valence-corrected chi connectivity index (χ2v) is 5.87. The third-order valence-electron chi connectivity index (χ3n) is 4.29. The van der Waals surface area contributed by atoms with Gasteiger partial charge >= 0.3 is 0 Å². The molecule has 0 radical (unpaired) electrons. The number of rotatable bonds is 2. The van der Waals surface area contributed by atoms with Gasteiger partial charge in [-0.25, -0.2) is 0 Å². The van der Waals surface area contributed by atoms with Crippen molar-refractivity contribution in [2.45, 2.75) is 13.3 Å². The maximum Gasteiger partial charge on any atom is 0.235 e. The van der Waals surface area contributed by atoms with Gasteiger partial charge in [0.2, 0.25) is 5.91 Å². The minimum absolute atomic E-state index is 0.0500. The van der Waals surface area contributed by atoms with Crippen molar-refractivity contribution < 1.29 is 4.79 Å². The first kappa shape index (κ1) is 13.6. The van der Waals surface area contributed by atoms with E-state index in [9.17, 15) is 4.79 Å². The molecule has 4 nitrogen and oxygen atoms in total. The molecular weight excluding hydrogens is 286 g/mol. The molecule has 0 bridgehead atoms. The van der Waals surface area contributed by atoms with Gasteiger partial charge < -0.3 is 10.7 Å². The molecule has 2 aromatic carbocycles. The van der Waals surface area contributed by atoms with Gasteiger partial charge in [0.05, 0.1) is 11.9 Å². The number of aromatic amines is 1. The minimum Gasteiger partial charge on any atom is -0.398 e. The maximum absolute atomic E-state index is 12.8. The topological polar surface area (TPSA) is 63.8 Å². The number of hydrogen-bond donors (Lipinski definition) is 2. The second kappa shape index (κ2) is 5.02. The first-order chi connectivity index (χ1) is 11.1. The van der Waals surface area contributed by atoms with Gasteiger partial charge in [0.25, 0.3) is 0 Å². The number of fused-ring (bicyclic) bond motifs is 2. The van der Waals surface area contributed by atoms with Crippen LogP contribution < -0.4 is 5.73 Å². The van der Waals surface area contributed by atoms with Crippen LogP contribution in [-0.2, 0) is 6.42 Å². The SMILES string of the molecule is Cc1cc2c(N)cccc2n1C(=O)Cc1ccc2cc[nH]c2c1. The van der Waals surface area contributed by atoms with Crippen molar-refractivity contribution in [3.8, 4) is 0 Å². The van der Waals surface area contributed by atoms with Crippen LogP contribution in [0.3, 0.4) is 0 Å². The predicted molar refractivity (Wildman–Crippen MR) is 93.7 cm³/mol. The lowest BCUT2D eigenvalue weighted by Crippen LogP contribution is -2.14. The summed E-state index contributed by atoms with van der Waals surface area (Å²) in [5.74, 6) is 0.0500. The van der Waals surface area contributed by atoms with Gasteiger partial charge in [-0.3, -0.25) is 9.36 Å². The molecule has 0 fully saturated rings. The smallest absolute Gasteiger partial charge is 0.235 e. The lowest BCUT2D eigenvalue weighted by molar-refractivity contribution is 0.0917. The lowest BCUT2D eigenvalue weighted by atomic mass is 10.1. The summed E-state index contributed by atoms with van der Waals surface area (Å²) in [6, 6.07) is 15.7. The summed E-state index contributed by atoms with van der Waals surface area (Å²) in [4.78, 5) is 16.0. The van der Waals surface area contributed by atoms with E-state index in [2.05, 4.69) is 4.98 Å². The Hall–Kier alpha value is -3.01. The Bertz CT molecular complexity index is 1040. The Balaban J connectivity index is 1.74. The molecule has 0 aliphatic carbocycles. The minimum atomic E-state index is 0.0500. The van der Waals surface area contributed by atoms with Gasteiger partial charge in [-0.1, -0.05) is 18.2 Å². The standard InChI is InChI=1S/C19H17N3O/c1-12-9-15-16(20)3-2-4-18(15)22(12)19(23)11-13-5-6-14-7-8-21-17(14)10-13/h2-10,21H,11,20H2,1H3. The van der Waals surface area contributed by atoms with Gasteiger partial charge in [-0.2, -0.15) is 0 Å². The molecule has 2 heterocycles. The van der Waals surface area contributed by atoms with Crippen LogP contribution in [0.15, 0.2) is 54.7 Å². The first-order valence-electron chi connectivity index (χ1n) is 7.59. The Morgan fingerprint density at radius 3 is 2.91 bits per heavy atom. The Kier molecular flexibility index (Phi) is 2.98. The number of H-pyrrole nitrogens is 1. The van der Waals surface area contributed by atoms with Crippen molar-refractivity contribution >= 4 is 33.4 Å². The molecule has 0 amide bonds. The first-order valence-corrected chi connectivity index (χ1v) is 7.59. The van der Waals surface area contributed by atoms with Crippen LogP contribution in [0.5, 0.6) is 0 Å². The molecule has 0 saturated carbocycles. The summed E-state index contributed by atoms with van der Waals surface area (Å²) in [7, 11) is 0. The van der Waals surface area contributed by atoms with E-state index in [1.807, 2.05) is 61.7 Å². The van der Waals surface area contributed by atoms with Gasteiger partial charge in [-0.15, -0.1) is 0 Å². The molecule has 23 heavy (non-hydrogen) atoms. The fourth-order valence-electron chi connectivity index (χ4n) is 3.18. The van der Waals surface area contributed by atoms with Gasteiger partial charge in [0, 0.05) is 28.5 Å². The van der Waals surface area contributed by atoms with Crippen molar-refractivity contribution in [1.82, 2.24) is 9.55 Å². The number of nitrogens with one attached hydrogen (secondary N) is 1. The van der Waals surface area contributed by atoms with Crippen LogP contribution in [0.2, 0.25) is 0 Å². The van der Waals surface area contributed by atoms with Crippen LogP contribution in [0.25, 0.3) is 21.8 Å². The Labute approximate surface area is 133 Å². The Morgan fingerprint density at radius 2 is 2.04 bits per heavy atom. The number of nitrogens with two attached hydrogens (primary N) is 1. The summed E-state index contributed by atoms with van der Waals surface area (Å²) in [5.41, 5.74) is 10.5. The largest absolute Gasteiger partial charge is 0.398 e. The number of aromatic nitrogens is 2. The van der Waals surface area contributed by atoms with E-state index in [1.54, 1.807) is 4.57 Å². The van der Waals surface area contributed by atoms with Gasteiger partial charge in [0.1, 0.15) is 0 Å². The van der Waals surface area contributed by atoms with E-state index >= 15 is 0 Å². The molecule has 0 spiro atoms. The van der Waals surface area contributed by atoms with Crippen LogP contribution in [-0.4, -0.2) is 15.5 Å². The highest BCUT2D eigenvalue weighted by molar-refractivity contribution is 5.99. The van der Waals surface area contributed by atoms with Gasteiger partial charge in [0.15, 0.2) is 0 Å². The van der Waals surface area contributed by atoms with Crippen LogP contribution in [0, 0.1) is 6.92 Å². The molecule has 114 valence electrons.